The van der Waals surface area contributed by atoms with E-state index in [-0.39, 0.29) is 0 Å². The Morgan fingerprint density at radius 3 is 3.00 bits per heavy atom. The van der Waals surface area contributed by atoms with Gasteiger partial charge in [-0.25, -0.2) is 4.99 Å². The molecule has 0 fully saturated rings. The van der Waals surface area contributed by atoms with Gasteiger partial charge in [0.2, 0.25) is 0 Å². The minimum atomic E-state index is 0.764. The molecule has 3 rings (SSSR count). The lowest BCUT2D eigenvalue weighted by molar-refractivity contribution is 1.07. The predicted octanol–water partition coefficient (Wildman–Crippen LogP) is 3.57. The minimum Gasteiger partial charge on any atom is -0.227 e. The van der Waals surface area contributed by atoms with E-state index < -0.39 is 0 Å². The summed E-state index contributed by atoms with van der Waals surface area (Å²) in [6, 6.07) is 8.15. The number of nitrogens with zero attached hydrogens (tertiary/aromatic N) is 3. The van der Waals surface area contributed by atoms with Gasteiger partial charge in [0.1, 0.15) is 0 Å². The largest absolute Gasteiger partial charge is 0.227 e. The Morgan fingerprint density at radius 2 is 2.12 bits per heavy atom. The van der Waals surface area contributed by atoms with Crippen molar-refractivity contribution in [2.75, 3.05) is 0 Å². The zero-order valence-electron chi connectivity index (χ0n) is 8.85. The van der Waals surface area contributed by atoms with Crippen molar-refractivity contribution in [1.29, 1.82) is 0 Å². The Hall–Kier alpha value is -2.03. The monoisotopic (exact) mass is 209 g/mol. The lowest BCUT2D eigenvalue weighted by Crippen LogP contribution is -2.06. The van der Waals surface area contributed by atoms with Gasteiger partial charge in [-0.2, -0.15) is 5.11 Å². The molecular formula is C13H11N3. The zero-order valence-corrected chi connectivity index (χ0v) is 8.85. The molecule has 0 aromatic heterocycles. The third-order valence-electron chi connectivity index (χ3n) is 2.81. The summed E-state index contributed by atoms with van der Waals surface area (Å²) < 4.78 is 0. The van der Waals surface area contributed by atoms with Gasteiger partial charge in [-0.15, -0.1) is 11.7 Å². The van der Waals surface area contributed by atoms with Gasteiger partial charge in [-0.1, -0.05) is 24.3 Å². The fourth-order valence-electron chi connectivity index (χ4n) is 2.00. The first-order chi connectivity index (χ1) is 7.88. The van der Waals surface area contributed by atoms with Crippen LogP contribution in [0.2, 0.25) is 0 Å². The summed E-state index contributed by atoms with van der Waals surface area (Å²) in [5, 5.41) is 8.27. The van der Waals surface area contributed by atoms with E-state index in [1.54, 1.807) is 0 Å². The van der Waals surface area contributed by atoms with Crippen molar-refractivity contribution in [3.63, 3.8) is 0 Å². The number of hydrogen-bond acceptors (Lipinski definition) is 3. The lowest BCUT2D eigenvalue weighted by Gasteiger charge is -2.13. The first-order valence-electron chi connectivity index (χ1n) is 5.30. The molecule has 2 aliphatic heterocycles. The molecule has 0 radical (unpaired) electrons. The zero-order chi connectivity index (χ0) is 11.0. The number of para-hydroxylation sites is 1. The molecule has 3 nitrogen and oxygen atoms in total. The van der Waals surface area contributed by atoms with Crippen LogP contribution in [0.5, 0.6) is 0 Å². The summed E-state index contributed by atoms with van der Waals surface area (Å²) in [6.07, 6.45) is 3.50. The number of amidine groups is 1. The van der Waals surface area contributed by atoms with E-state index in [0.29, 0.717) is 0 Å². The number of azo groups is 1. The highest BCUT2D eigenvalue weighted by Crippen LogP contribution is 2.34. The van der Waals surface area contributed by atoms with Gasteiger partial charge in [0, 0.05) is 18.4 Å². The molecule has 0 spiro atoms. The van der Waals surface area contributed by atoms with Crippen molar-refractivity contribution in [3.05, 3.63) is 53.8 Å². The van der Waals surface area contributed by atoms with E-state index in [2.05, 4.69) is 27.9 Å². The molecule has 2 aliphatic rings. The standard InChI is InChI=1S/C13H11N3/c1-2-5-12-10-8-9-6-3-4-7-11(9)14-13(10)16-15-12/h2-4,6-7H,1,5,8H2. The highest BCUT2D eigenvalue weighted by molar-refractivity contribution is 6.04. The Morgan fingerprint density at radius 1 is 1.25 bits per heavy atom. The normalized spacial score (nSPS) is 16.9. The van der Waals surface area contributed by atoms with E-state index in [9.17, 15) is 0 Å². The van der Waals surface area contributed by atoms with Crippen LogP contribution in [0, 0.1) is 0 Å². The van der Waals surface area contributed by atoms with Gasteiger partial charge in [0.25, 0.3) is 0 Å². The van der Waals surface area contributed by atoms with Crippen molar-refractivity contribution < 1.29 is 0 Å². The number of benzene rings is 1. The molecule has 0 saturated heterocycles. The van der Waals surface area contributed by atoms with Crippen LogP contribution in [0.4, 0.5) is 5.69 Å². The lowest BCUT2D eigenvalue weighted by atomic mass is 9.98. The fourth-order valence-corrected chi connectivity index (χ4v) is 2.00. The minimum absolute atomic E-state index is 0.764. The maximum Gasteiger partial charge on any atom is 0.180 e. The van der Waals surface area contributed by atoms with Crippen LogP contribution in [0.1, 0.15) is 12.0 Å². The van der Waals surface area contributed by atoms with Crippen molar-refractivity contribution in [1.82, 2.24) is 0 Å². The van der Waals surface area contributed by atoms with Crippen molar-refractivity contribution in [2.24, 2.45) is 15.2 Å². The van der Waals surface area contributed by atoms with Crippen LogP contribution in [0.3, 0.4) is 0 Å². The highest BCUT2D eigenvalue weighted by Gasteiger charge is 2.23. The molecule has 78 valence electrons. The van der Waals surface area contributed by atoms with Crippen LogP contribution < -0.4 is 0 Å². The molecule has 1 aromatic carbocycles. The molecular weight excluding hydrogens is 198 g/mol. The Labute approximate surface area is 93.9 Å². The number of aliphatic imine (C=N–C) groups is 1. The molecule has 0 saturated carbocycles. The van der Waals surface area contributed by atoms with Gasteiger partial charge in [0.05, 0.1) is 11.4 Å². The van der Waals surface area contributed by atoms with Gasteiger partial charge >= 0.3 is 0 Å². The summed E-state index contributed by atoms with van der Waals surface area (Å²) >= 11 is 0. The summed E-state index contributed by atoms with van der Waals surface area (Å²) in [6.45, 7) is 3.73. The molecule has 1 aromatic rings. The Balaban J connectivity index is 2.10. The van der Waals surface area contributed by atoms with Gasteiger partial charge in [0.15, 0.2) is 5.84 Å². The topological polar surface area (TPSA) is 37.1 Å². The summed E-state index contributed by atoms with van der Waals surface area (Å²) in [5.74, 6) is 0.774. The highest BCUT2D eigenvalue weighted by atomic mass is 15.2. The molecule has 0 amide bonds. The fraction of sp³-hybridized carbons (Fsp3) is 0.154. The third-order valence-corrected chi connectivity index (χ3v) is 2.81. The quantitative estimate of drug-likeness (QED) is 0.668. The summed E-state index contributed by atoms with van der Waals surface area (Å²) in [7, 11) is 0. The van der Waals surface area contributed by atoms with Crippen molar-refractivity contribution in [3.8, 4) is 0 Å². The average molecular weight is 209 g/mol. The van der Waals surface area contributed by atoms with Gasteiger partial charge < -0.3 is 0 Å². The Bertz CT molecular complexity index is 550. The molecule has 16 heavy (non-hydrogen) atoms. The van der Waals surface area contributed by atoms with Crippen LogP contribution >= 0.6 is 0 Å². The van der Waals surface area contributed by atoms with E-state index in [0.717, 1.165) is 35.6 Å². The van der Waals surface area contributed by atoms with E-state index in [1.165, 1.54) is 5.56 Å². The van der Waals surface area contributed by atoms with Crippen LogP contribution in [-0.2, 0) is 6.42 Å². The molecule has 0 N–H and O–H groups in total. The molecule has 0 bridgehead atoms. The number of fused-ring (bicyclic) bond motifs is 2. The van der Waals surface area contributed by atoms with E-state index >= 15 is 0 Å². The third kappa shape index (κ3) is 1.33. The van der Waals surface area contributed by atoms with Crippen molar-refractivity contribution in [2.45, 2.75) is 12.8 Å². The molecule has 0 aliphatic carbocycles. The molecule has 3 heteroatoms. The molecule has 2 heterocycles. The van der Waals surface area contributed by atoms with Crippen LogP contribution in [0.25, 0.3) is 0 Å². The number of hydrogen-bond donors (Lipinski definition) is 0. The summed E-state index contributed by atoms with van der Waals surface area (Å²) in [5.41, 5.74) is 4.41. The maximum atomic E-state index is 4.50. The van der Waals surface area contributed by atoms with Crippen LogP contribution in [-0.4, -0.2) is 5.84 Å². The molecule has 0 unspecified atom stereocenters. The maximum absolute atomic E-state index is 4.50. The first kappa shape index (κ1) is 9.21. The van der Waals surface area contributed by atoms with Crippen LogP contribution in [0.15, 0.2) is 63.4 Å². The Kier molecular flexibility index (Phi) is 2.03. The second-order valence-corrected chi connectivity index (χ2v) is 3.86. The predicted molar refractivity (Wildman–Crippen MR) is 63.9 cm³/mol. The average Bonchev–Trinajstić information content (AvgIpc) is 2.70. The van der Waals surface area contributed by atoms with Gasteiger partial charge in [-0.3, -0.25) is 0 Å². The number of allylic oxidation sites excluding steroid dienone is 1. The van der Waals surface area contributed by atoms with E-state index in [4.69, 9.17) is 0 Å². The second kappa shape index (κ2) is 3.52. The first-order valence-corrected chi connectivity index (χ1v) is 5.30. The second-order valence-electron chi connectivity index (χ2n) is 3.86. The van der Waals surface area contributed by atoms with Crippen molar-refractivity contribution >= 4 is 11.5 Å². The molecule has 0 atom stereocenters. The van der Waals surface area contributed by atoms with Gasteiger partial charge in [-0.05, 0) is 11.6 Å². The smallest absolute Gasteiger partial charge is 0.180 e. The SMILES string of the molecule is C=CCC1=C2Cc3ccccc3N=C2N=N1. The summed E-state index contributed by atoms with van der Waals surface area (Å²) in [4.78, 5) is 4.50. The number of rotatable bonds is 2. The van der Waals surface area contributed by atoms with E-state index in [1.807, 2.05) is 24.3 Å².